The van der Waals surface area contributed by atoms with Crippen molar-refractivity contribution in [2.45, 2.75) is 39.9 Å². The van der Waals surface area contributed by atoms with Crippen molar-refractivity contribution in [2.75, 3.05) is 6.26 Å². The maximum Gasteiger partial charge on any atom is 0.387 e. The van der Waals surface area contributed by atoms with E-state index in [4.69, 9.17) is 14.3 Å². The fraction of sp³-hybridized carbons (Fsp3) is 0.778. The molecule has 92 valence electrons. The highest BCUT2D eigenvalue weighted by atomic mass is 32.2. The Morgan fingerprint density at radius 3 is 2.00 bits per heavy atom. The minimum atomic E-state index is -3.47. The molecule has 0 aliphatic carbocycles. The second-order valence-electron chi connectivity index (χ2n) is 3.50. The molecule has 0 atom stereocenters. The second kappa shape index (κ2) is 7.08. The summed E-state index contributed by atoms with van der Waals surface area (Å²) in [6.45, 7) is 7.00. The summed E-state index contributed by atoms with van der Waals surface area (Å²) in [5.41, 5.74) is 0. The predicted octanol–water partition coefficient (Wildman–Crippen LogP) is 3.23. The Bertz CT molecular complexity index is 322. The number of nitrogens with zero attached hydrogens (tertiary/aromatic N) is 2. The standard InChI is InChI=1S/C9H17N2O3PS/c1-7(2)13-15(12,14-8(3)4)9(16-5)11-6-10/h7-8H,1-5H3. The Labute approximate surface area is 101 Å². The number of hydrogen-bond donors (Lipinski definition) is 0. The zero-order chi connectivity index (χ0) is 12.8. The molecule has 0 rings (SSSR count). The van der Waals surface area contributed by atoms with E-state index < -0.39 is 7.60 Å². The van der Waals surface area contributed by atoms with Gasteiger partial charge in [-0.15, -0.1) is 11.8 Å². The third-order valence-electron chi connectivity index (χ3n) is 1.26. The smallest absolute Gasteiger partial charge is 0.301 e. The Morgan fingerprint density at radius 1 is 1.31 bits per heavy atom. The van der Waals surface area contributed by atoms with Gasteiger partial charge >= 0.3 is 7.60 Å². The average molecular weight is 264 g/mol. The quantitative estimate of drug-likeness (QED) is 0.330. The van der Waals surface area contributed by atoms with Crippen LogP contribution in [0, 0.1) is 11.5 Å². The van der Waals surface area contributed by atoms with Crippen molar-refractivity contribution in [1.82, 2.24) is 0 Å². The molecule has 0 aliphatic heterocycles. The zero-order valence-electron chi connectivity index (χ0n) is 10.1. The summed E-state index contributed by atoms with van der Waals surface area (Å²) in [6, 6.07) is 0. The number of rotatable bonds is 5. The summed E-state index contributed by atoms with van der Waals surface area (Å²) in [7, 11) is -3.47. The predicted molar refractivity (Wildman–Crippen MR) is 66.6 cm³/mol. The van der Waals surface area contributed by atoms with Crippen LogP contribution < -0.4 is 0 Å². The fourth-order valence-electron chi connectivity index (χ4n) is 0.932. The first-order chi connectivity index (χ1) is 7.35. The van der Waals surface area contributed by atoms with E-state index in [1.165, 1.54) is 0 Å². The lowest BCUT2D eigenvalue weighted by molar-refractivity contribution is 0.152. The van der Waals surface area contributed by atoms with E-state index >= 15 is 0 Å². The second-order valence-corrected chi connectivity index (χ2v) is 6.44. The van der Waals surface area contributed by atoms with E-state index in [1.807, 2.05) is 0 Å². The molecule has 0 saturated carbocycles. The van der Waals surface area contributed by atoms with E-state index in [0.717, 1.165) is 11.8 Å². The normalized spacial score (nSPS) is 13.2. The number of aliphatic imine (C=N–C) groups is 1. The van der Waals surface area contributed by atoms with Gasteiger partial charge < -0.3 is 9.05 Å². The van der Waals surface area contributed by atoms with Gasteiger partial charge in [-0.2, -0.15) is 10.3 Å². The van der Waals surface area contributed by atoms with E-state index in [-0.39, 0.29) is 17.0 Å². The molecule has 5 nitrogen and oxygen atoms in total. The van der Waals surface area contributed by atoms with Gasteiger partial charge in [0.05, 0.1) is 12.2 Å². The highest BCUT2D eigenvalue weighted by Crippen LogP contribution is 2.54. The first-order valence-electron chi connectivity index (χ1n) is 4.84. The summed E-state index contributed by atoms with van der Waals surface area (Å²) in [4.78, 5) is 3.59. The SMILES string of the molecule is CSC(=NC#N)P(=O)(OC(C)C)OC(C)C. The minimum absolute atomic E-state index is 0.0948. The Morgan fingerprint density at radius 2 is 1.75 bits per heavy atom. The van der Waals surface area contributed by atoms with E-state index in [9.17, 15) is 4.57 Å². The lowest BCUT2D eigenvalue weighted by atomic mass is 10.5. The molecule has 0 unspecified atom stereocenters. The van der Waals surface area contributed by atoms with Gasteiger partial charge in [0.2, 0.25) is 6.19 Å². The van der Waals surface area contributed by atoms with Crippen LogP contribution in [0.3, 0.4) is 0 Å². The van der Waals surface area contributed by atoms with Gasteiger partial charge in [-0.05, 0) is 34.0 Å². The van der Waals surface area contributed by atoms with Gasteiger partial charge in [0.25, 0.3) is 0 Å². The topological polar surface area (TPSA) is 71.7 Å². The van der Waals surface area contributed by atoms with Crippen molar-refractivity contribution in [2.24, 2.45) is 4.99 Å². The maximum atomic E-state index is 12.4. The van der Waals surface area contributed by atoms with Crippen LogP contribution in [0.15, 0.2) is 4.99 Å². The summed E-state index contributed by atoms with van der Waals surface area (Å²) in [5.74, 6) is 0. The fourth-order valence-corrected chi connectivity index (χ4v) is 3.72. The van der Waals surface area contributed by atoms with Crippen molar-refractivity contribution in [1.29, 1.82) is 5.26 Å². The van der Waals surface area contributed by atoms with Crippen LogP contribution in [-0.2, 0) is 13.6 Å². The van der Waals surface area contributed by atoms with Crippen molar-refractivity contribution >= 4 is 24.1 Å². The lowest BCUT2D eigenvalue weighted by Gasteiger charge is -2.22. The van der Waals surface area contributed by atoms with Gasteiger partial charge in [0.15, 0.2) is 4.78 Å². The molecule has 0 spiro atoms. The first kappa shape index (κ1) is 15.7. The van der Waals surface area contributed by atoms with Crippen LogP contribution in [0.2, 0.25) is 0 Å². The van der Waals surface area contributed by atoms with Crippen LogP contribution in [0.5, 0.6) is 0 Å². The number of nitriles is 1. The summed E-state index contributed by atoms with van der Waals surface area (Å²) in [6.07, 6.45) is 2.76. The number of hydrogen-bond acceptors (Lipinski definition) is 6. The lowest BCUT2D eigenvalue weighted by Crippen LogP contribution is -2.12. The van der Waals surface area contributed by atoms with Crippen molar-refractivity contribution in [3.8, 4) is 6.19 Å². The molecule has 0 heterocycles. The van der Waals surface area contributed by atoms with Gasteiger partial charge in [0.1, 0.15) is 0 Å². The maximum absolute atomic E-state index is 12.4. The molecule has 0 aromatic heterocycles. The average Bonchev–Trinajstić information content (AvgIpc) is 2.10. The van der Waals surface area contributed by atoms with E-state index in [0.29, 0.717) is 0 Å². The van der Waals surface area contributed by atoms with Crippen LogP contribution in [-0.4, -0.2) is 23.2 Å². The van der Waals surface area contributed by atoms with Crippen LogP contribution in [0.25, 0.3) is 0 Å². The van der Waals surface area contributed by atoms with Crippen molar-refractivity contribution in [3.05, 3.63) is 0 Å². The molecule has 0 fully saturated rings. The summed E-state index contributed by atoms with van der Waals surface area (Å²) >= 11 is 1.10. The highest BCUT2D eigenvalue weighted by Gasteiger charge is 2.34. The molecule has 7 heteroatoms. The monoisotopic (exact) mass is 264 g/mol. The highest BCUT2D eigenvalue weighted by molar-refractivity contribution is 8.25. The molecule has 0 aliphatic rings. The molecule has 0 aromatic carbocycles. The molecule has 0 bridgehead atoms. The Kier molecular flexibility index (Phi) is 6.93. The van der Waals surface area contributed by atoms with Gasteiger partial charge in [0, 0.05) is 0 Å². The van der Waals surface area contributed by atoms with Crippen LogP contribution in [0.4, 0.5) is 0 Å². The minimum Gasteiger partial charge on any atom is -0.301 e. The summed E-state index contributed by atoms with van der Waals surface area (Å²) in [5, 5.41) is 8.52. The third kappa shape index (κ3) is 5.13. The molecule has 16 heavy (non-hydrogen) atoms. The molecule has 0 amide bonds. The Balaban J connectivity index is 5.14. The first-order valence-corrected chi connectivity index (χ1v) is 7.60. The zero-order valence-corrected chi connectivity index (χ0v) is 11.8. The van der Waals surface area contributed by atoms with Crippen molar-refractivity contribution in [3.63, 3.8) is 0 Å². The largest absolute Gasteiger partial charge is 0.387 e. The Hall–Kier alpha value is -0.340. The molecule has 0 saturated heterocycles. The van der Waals surface area contributed by atoms with Gasteiger partial charge in [-0.25, -0.2) is 0 Å². The van der Waals surface area contributed by atoms with Gasteiger partial charge in [-0.3, -0.25) is 4.57 Å². The summed E-state index contributed by atoms with van der Waals surface area (Å²) < 4.78 is 23.0. The molecular weight excluding hydrogens is 247 g/mol. The molecular formula is C9H17N2O3PS. The van der Waals surface area contributed by atoms with Gasteiger partial charge in [-0.1, -0.05) is 0 Å². The molecule has 0 N–H and O–H groups in total. The van der Waals surface area contributed by atoms with Crippen LogP contribution >= 0.6 is 19.4 Å². The third-order valence-corrected chi connectivity index (χ3v) is 4.90. The van der Waals surface area contributed by atoms with Crippen molar-refractivity contribution < 1.29 is 13.6 Å². The number of thioether (sulfide) groups is 1. The van der Waals surface area contributed by atoms with Crippen LogP contribution in [0.1, 0.15) is 27.7 Å². The molecule has 0 radical (unpaired) electrons. The van der Waals surface area contributed by atoms with E-state index in [1.54, 1.807) is 40.1 Å². The molecule has 0 aromatic rings. The van der Waals surface area contributed by atoms with E-state index in [2.05, 4.69) is 4.99 Å².